The van der Waals surface area contributed by atoms with Crippen molar-refractivity contribution in [1.82, 2.24) is 0 Å². The van der Waals surface area contributed by atoms with Crippen molar-refractivity contribution >= 4 is 15.7 Å². The summed E-state index contributed by atoms with van der Waals surface area (Å²) >= 11 is 0. The van der Waals surface area contributed by atoms with E-state index < -0.39 is 15.8 Å². The van der Waals surface area contributed by atoms with E-state index in [1.54, 1.807) is 0 Å². The van der Waals surface area contributed by atoms with Gasteiger partial charge in [-0.25, -0.2) is 17.9 Å². The summed E-state index contributed by atoms with van der Waals surface area (Å²) in [5, 5.41) is 7.90. The molecule has 0 spiro atoms. The van der Waals surface area contributed by atoms with Gasteiger partial charge >= 0.3 is 0 Å². The third-order valence-electron chi connectivity index (χ3n) is 3.08. The van der Waals surface area contributed by atoms with Crippen LogP contribution in [0.4, 0.5) is 10.1 Å². The molecule has 0 amide bonds. The number of rotatable bonds is 5. The van der Waals surface area contributed by atoms with Crippen molar-refractivity contribution in [3.05, 3.63) is 59.4 Å². The first-order chi connectivity index (χ1) is 9.86. The van der Waals surface area contributed by atoms with E-state index in [4.69, 9.17) is 5.14 Å². The lowest BCUT2D eigenvalue weighted by Gasteiger charge is -2.09. The smallest absolute Gasteiger partial charge is 0.238 e. The highest BCUT2D eigenvalue weighted by Crippen LogP contribution is 2.18. The van der Waals surface area contributed by atoms with Crippen LogP contribution in [0.3, 0.4) is 0 Å². The van der Waals surface area contributed by atoms with Crippen LogP contribution in [-0.2, 0) is 16.4 Å². The zero-order chi connectivity index (χ0) is 15.5. The summed E-state index contributed by atoms with van der Waals surface area (Å²) < 4.78 is 36.0. The third kappa shape index (κ3) is 4.27. The minimum absolute atomic E-state index is 0.232. The van der Waals surface area contributed by atoms with Gasteiger partial charge in [-0.05, 0) is 37.1 Å². The fraction of sp³-hybridized carbons (Fsp3) is 0.200. The molecule has 0 bridgehead atoms. The summed E-state index contributed by atoms with van der Waals surface area (Å²) in [5.74, 6) is -0.634. The average molecular weight is 308 g/mol. The van der Waals surface area contributed by atoms with Crippen LogP contribution >= 0.6 is 0 Å². The molecule has 0 atom stereocenters. The molecule has 21 heavy (non-hydrogen) atoms. The fourth-order valence-electron chi connectivity index (χ4n) is 2.03. The van der Waals surface area contributed by atoms with Crippen molar-refractivity contribution in [2.24, 2.45) is 5.14 Å². The Labute approximate surface area is 123 Å². The van der Waals surface area contributed by atoms with Crippen LogP contribution in [-0.4, -0.2) is 15.0 Å². The van der Waals surface area contributed by atoms with Crippen molar-refractivity contribution in [1.29, 1.82) is 0 Å². The molecule has 3 N–H and O–H groups in total. The van der Waals surface area contributed by atoms with E-state index in [0.29, 0.717) is 6.54 Å². The minimum Gasteiger partial charge on any atom is -0.382 e. The van der Waals surface area contributed by atoms with Gasteiger partial charge in [0, 0.05) is 6.54 Å². The lowest BCUT2D eigenvalue weighted by atomic mass is 10.1. The quantitative estimate of drug-likeness (QED) is 0.891. The summed E-state index contributed by atoms with van der Waals surface area (Å²) in [6.45, 7) is 2.57. The highest BCUT2D eigenvalue weighted by molar-refractivity contribution is 7.89. The van der Waals surface area contributed by atoms with Crippen molar-refractivity contribution in [3.8, 4) is 0 Å². The van der Waals surface area contributed by atoms with Crippen molar-refractivity contribution < 1.29 is 12.8 Å². The molecule has 2 aromatic carbocycles. The Kier molecular flexibility index (Phi) is 4.59. The minimum atomic E-state index is -3.88. The van der Waals surface area contributed by atoms with Gasteiger partial charge in [0.25, 0.3) is 0 Å². The zero-order valence-corrected chi connectivity index (χ0v) is 12.5. The molecule has 2 rings (SSSR count). The maximum absolute atomic E-state index is 13.8. The Morgan fingerprint density at radius 1 is 1.19 bits per heavy atom. The van der Waals surface area contributed by atoms with Gasteiger partial charge in [0.2, 0.25) is 10.0 Å². The van der Waals surface area contributed by atoms with Crippen molar-refractivity contribution in [3.63, 3.8) is 0 Å². The Morgan fingerprint density at radius 3 is 2.57 bits per heavy atom. The number of hydrogen-bond acceptors (Lipinski definition) is 3. The molecule has 0 aliphatic heterocycles. The number of hydrogen-bond donors (Lipinski definition) is 2. The van der Waals surface area contributed by atoms with Gasteiger partial charge < -0.3 is 5.32 Å². The van der Waals surface area contributed by atoms with Crippen LogP contribution < -0.4 is 10.5 Å². The summed E-state index contributed by atoms with van der Waals surface area (Å²) in [6.07, 6.45) is 0.748. The molecule has 0 heterocycles. The monoisotopic (exact) mass is 308 g/mol. The lowest BCUT2D eigenvalue weighted by Crippen LogP contribution is -2.13. The highest BCUT2D eigenvalue weighted by atomic mass is 32.2. The summed E-state index contributed by atoms with van der Waals surface area (Å²) in [7, 11) is -3.88. The second-order valence-corrected chi connectivity index (χ2v) is 6.41. The SMILES string of the molecule is Cc1cccc(CCNc2ccc(S(N)(=O)=O)cc2F)c1. The molecule has 2 aromatic rings. The first-order valence-corrected chi connectivity index (χ1v) is 8.02. The van der Waals surface area contributed by atoms with Gasteiger partial charge in [-0.1, -0.05) is 29.8 Å². The summed E-state index contributed by atoms with van der Waals surface area (Å²) in [5.41, 5.74) is 2.59. The molecule has 4 nitrogen and oxygen atoms in total. The molecule has 112 valence electrons. The first-order valence-electron chi connectivity index (χ1n) is 6.48. The summed E-state index contributed by atoms with van der Waals surface area (Å²) in [6, 6.07) is 11.7. The zero-order valence-electron chi connectivity index (χ0n) is 11.6. The number of primary sulfonamides is 1. The third-order valence-corrected chi connectivity index (χ3v) is 3.99. The predicted molar refractivity (Wildman–Crippen MR) is 81.1 cm³/mol. The molecule has 0 fully saturated rings. The largest absolute Gasteiger partial charge is 0.382 e. The fourth-order valence-corrected chi connectivity index (χ4v) is 2.55. The van der Waals surface area contributed by atoms with E-state index in [-0.39, 0.29) is 10.6 Å². The van der Waals surface area contributed by atoms with E-state index in [9.17, 15) is 12.8 Å². The topological polar surface area (TPSA) is 72.2 Å². The molecule has 6 heteroatoms. The number of sulfonamides is 1. The maximum Gasteiger partial charge on any atom is 0.238 e. The molecule has 0 aromatic heterocycles. The molecule has 0 aliphatic rings. The predicted octanol–water partition coefficient (Wildman–Crippen LogP) is 2.44. The van der Waals surface area contributed by atoms with Gasteiger partial charge in [0.15, 0.2) is 0 Å². The number of nitrogens with two attached hydrogens (primary N) is 1. The highest BCUT2D eigenvalue weighted by Gasteiger charge is 2.11. The molecular formula is C15H17FN2O2S. The Bertz CT molecular complexity index is 745. The maximum atomic E-state index is 13.8. The molecule has 0 saturated heterocycles. The van der Waals surface area contributed by atoms with Gasteiger partial charge in [-0.2, -0.15) is 0 Å². The molecule has 0 unspecified atom stereocenters. The Morgan fingerprint density at radius 2 is 1.95 bits per heavy atom. The summed E-state index contributed by atoms with van der Waals surface area (Å²) in [4.78, 5) is -0.232. The van der Waals surface area contributed by atoms with E-state index in [2.05, 4.69) is 11.4 Å². The van der Waals surface area contributed by atoms with Crippen LogP contribution in [0.2, 0.25) is 0 Å². The normalized spacial score (nSPS) is 11.4. The van der Waals surface area contributed by atoms with E-state index in [1.807, 2.05) is 25.1 Å². The molecule has 0 saturated carbocycles. The van der Waals surface area contributed by atoms with E-state index in [1.165, 1.54) is 17.7 Å². The number of anilines is 1. The Balaban J connectivity index is 2.01. The second-order valence-electron chi connectivity index (χ2n) is 4.85. The lowest BCUT2D eigenvalue weighted by molar-refractivity contribution is 0.593. The molecule has 0 radical (unpaired) electrons. The van der Waals surface area contributed by atoms with Gasteiger partial charge in [-0.3, -0.25) is 0 Å². The van der Waals surface area contributed by atoms with Crippen LogP contribution in [0, 0.1) is 12.7 Å². The standard InChI is InChI=1S/C15H17FN2O2S/c1-11-3-2-4-12(9-11)7-8-18-15-6-5-13(10-14(15)16)21(17,19)20/h2-6,9-10,18H,7-8H2,1H3,(H2,17,19,20). The van der Waals surface area contributed by atoms with Crippen molar-refractivity contribution in [2.45, 2.75) is 18.2 Å². The Hall–Kier alpha value is -1.92. The number of halogens is 1. The van der Waals surface area contributed by atoms with Crippen LogP contribution in [0.15, 0.2) is 47.4 Å². The number of nitrogens with one attached hydrogen (secondary N) is 1. The van der Waals surface area contributed by atoms with Gasteiger partial charge in [-0.15, -0.1) is 0 Å². The number of aryl methyl sites for hydroxylation is 1. The second kappa shape index (κ2) is 6.24. The van der Waals surface area contributed by atoms with E-state index >= 15 is 0 Å². The molecular weight excluding hydrogens is 291 g/mol. The van der Waals surface area contributed by atoms with E-state index in [0.717, 1.165) is 18.1 Å². The van der Waals surface area contributed by atoms with Gasteiger partial charge in [0.1, 0.15) is 5.82 Å². The average Bonchev–Trinajstić information content (AvgIpc) is 2.39. The van der Waals surface area contributed by atoms with Gasteiger partial charge in [0.05, 0.1) is 10.6 Å². The molecule has 0 aliphatic carbocycles. The first kappa shape index (κ1) is 15.5. The van der Waals surface area contributed by atoms with Crippen molar-refractivity contribution in [2.75, 3.05) is 11.9 Å². The number of benzene rings is 2. The van der Waals surface area contributed by atoms with Crippen LogP contribution in [0.5, 0.6) is 0 Å². The van der Waals surface area contributed by atoms with Crippen LogP contribution in [0.25, 0.3) is 0 Å². The van der Waals surface area contributed by atoms with Crippen LogP contribution in [0.1, 0.15) is 11.1 Å².